The van der Waals surface area contributed by atoms with E-state index in [0.29, 0.717) is 0 Å². The van der Waals surface area contributed by atoms with Crippen molar-refractivity contribution in [3.8, 4) is 0 Å². The lowest BCUT2D eigenvalue weighted by Crippen LogP contribution is -2.53. The molecule has 0 rings (SSSR count). The van der Waals surface area contributed by atoms with Crippen LogP contribution in [-0.2, 0) is 13.3 Å². The molecule has 34 heavy (non-hydrogen) atoms. The Kier molecular flexibility index (Phi) is 11.9. The number of hydrogen-bond acceptors (Lipinski definition) is 3. The average molecular weight is 531 g/mol. The van der Waals surface area contributed by atoms with Crippen molar-refractivity contribution in [2.45, 2.75) is 149 Å². The van der Waals surface area contributed by atoms with Gasteiger partial charge in [-0.05, 0) is 60.8 Å². The summed E-state index contributed by atoms with van der Waals surface area (Å²) in [5, 5.41) is 0.517. The Bertz CT molecular complexity index is 637. The lowest BCUT2D eigenvalue weighted by molar-refractivity contribution is -0.00461. The van der Waals surface area contributed by atoms with Crippen LogP contribution in [0, 0.1) is 11.8 Å². The summed E-state index contributed by atoms with van der Waals surface area (Å²) >= 11 is 0. The van der Waals surface area contributed by atoms with Gasteiger partial charge in [0, 0.05) is 18.4 Å². The van der Waals surface area contributed by atoms with E-state index in [-0.39, 0.29) is 39.2 Å². The minimum absolute atomic E-state index is 0.0837. The Labute approximate surface area is 218 Å². The smallest absolute Gasteiger partial charge is 0.192 e. The molecule has 0 amide bonds. The van der Waals surface area contributed by atoms with Crippen molar-refractivity contribution in [3.05, 3.63) is 12.7 Å². The minimum atomic E-state index is -1.98. The van der Waals surface area contributed by atoms with Crippen LogP contribution in [0.25, 0.3) is 0 Å². The van der Waals surface area contributed by atoms with Gasteiger partial charge < -0.3 is 13.3 Å². The average Bonchev–Trinajstić information content (AvgIpc) is 2.60. The summed E-state index contributed by atoms with van der Waals surface area (Å²) in [6.07, 6.45) is 3.05. The van der Waals surface area contributed by atoms with Gasteiger partial charge >= 0.3 is 0 Å². The van der Waals surface area contributed by atoms with E-state index in [1.807, 2.05) is 6.08 Å². The van der Waals surface area contributed by atoms with Crippen LogP contribution in [0.3, 0.4) is 0 Å². The molecule has 3 nitrogen and oxygen atoms in total. The lowest BCUT2D eigenvalue weighted by atomic mass is 9.88. The summed E-state index contributed by atoms with van der Waals surface area (Å²) in [4.78, 5) is 0. The monoisotopic (exact) mass is 530 g/mol. The second-order valence-corrected chi connectivity index (χ2v) is 29.5. The molecule has 0 heterocycles. The number of hydrogen-bond donors (Lipinski definition) is 0. The summed E-state index contributed by atoms with van der Waals surface area (Å²) in [6, 6.07) is 0. The van der Waals surface area contributed by atoms with Gasteiger partial charge in [-0.3, -0.25) is 0 Å². The fourth-order valence-electron chi connectivity index (χ4n) is 3.21. The Morgan fingerprint density at radius 1 is 0.676 bits per heavy atom. The maximum Gasteiger partial charge on any atom is 0.192 e. The highest BCUT2D eigenvalue weighted by atomic mass is 28.4. The SMILES string of the molecule is C=CC[C@@H](O[Si](C)(C)C(C)(C)C)[C@H](C)[C@@H](O[Si](C)(C)C(C)(C)C)[C@@H](C)CO[Si](C)(C)C(C)(C)C. The van der Waals surface area contributed by atoms with Crippen molar-refractivity contribution in [1.82, 2.24) is 0 Å². The molecule has 0 radical (unpaired) electrons. The molecule has 0 fully saturated rings. The van der Waals surface area contributed by atoms with Crippen molar-refractivity contribution < 1.29 is 13.3 Å². The first-order valence-corrected chi connectivity index (χ1v) is 22.1. The molecule has 0 saturated heterocycles. The Morgan fingerprint density at radius 2 is 1.06 bits per heavy atom. The van der Waals surface area contributed by atoms with Crippen molar-refractivity contribution in [3.63, 3.8) is 0 Å². The van der Waals surface area contributed by atoms with Gasteiger partial charge in [0.15, 0.2) is 25.0 Å². The van der Waals surface area contributed by atoms with E-state index in [1.54, 1.807) is 0 Å². The molecule has 0 aromatic rings. The summed E-state index contributed by atoms with van der Waals surface area (Å²) in [5.41, 5.74) is 0. The molecule has 0 bridgehead atoms. The van der Waals surface area contributed by atoms with Crippen LogP contribution in [0.5, 0.6) is 0 Å². The van der Waals surface area contributed by atoms with E-state index in [1.165, 1.54) is 0 Å². The molecule has 0 unspecified atom stereocenters. The first kappa shape index (κ1) is 34.3. The van der Waals surface area contributed by atoms with Gasteiger partial charge in [-0.2, -0.15) is 0 Å². The van der Waals surface area contributed by atoms with Crippen molar-refractivity contribution >= 4 is 25.0 Å². The largest absolute Gasteiger partial charge is 0.416 e. The zero-order valence-corrected chi connectivity index (χ0v) is 29.2. The molecular weight excluding hydrogens is 469 g/mol. The highest BCUT2D eigenvalue weighted by Gasteiger charge is 2.46. The summed E-state index contributed by atoms with van der Waals surface area (Å²) in [5.74, 6) is 0.535. The first-order chi connectivity index (χ1) is 14.8. The van der Waals surface area contributed by atoms with Crippen LogP contribution < -0.4 is 0 Å². The second-order valence-electron chi connectivity index (χ2n) is 15.2. The fourth-order valence-corrected chi connectivity index (χ4v) is 7.23. The van der Waals surface area contributed by atoms with Gasteiger partial charge in [0.25, 0.3) is 0 Å². The molecule has 0 N–H and O–H groups in total. The van der Waals surface area contributed by atoms with Crippen LogP contribution in [0.1, 0.15) is 82.6 Å². The van der Waals surface area contributed by atoms with E-state index in [4.69, 9.17) is 13.3 Å². The molecule has 0 aromatic heterocycles. The van der Waals surface area contributed by atoms with E-state index < -0.39 is 25.0 Å². The molecule has 0 spiro atoms. The third kappa shape index (κ3) is 9.29. The molecular formula is C28H62O3Si3. The van der Waals surface area contributed by atoms with Gasteiger partial charge in [-0.15, -0.1) is 6.58 Å². The van der Waals surface area contributed by atoms with E-state index >= 15 is 0 Å². The Morgan fingerprint density at radius 3 is 1.41 bits per heavy atom. The molecule has 6 heteroatoms. The van der Waals surface area contributed by atoms with Crippen molar-refractivity contribution in [2.75, 3.05) is 6.61 Å². The maximum atomic E-state index is 7.18. The summed E-state index contributed by atoms with van der Waals surface area (Å²) in [6.45, 7) is 44.4. The van der Waals surface area contributed by atoms with E-state index in [2.05, 4.69) is 122 Å². The first-order valence-electron chi connectivity index (χ1n) is 13.4. The molecule has 0 aliphatic rings. The highest BCUT2D eigenvalue weighted by Crippen LogP contribution is 2.43. The Balaban J connectivity index is 6.14. The Hall–Kier alpha value is 0.271. The second kappa shape index (κ2) is 11.8. The van der Waals surface area contributed by atoms with E-state index in [0.717, 1.165) is 13.0 Å². The topological polar surface area (TPSA) is 27.7 Å². The predicted octanol–water partition coefficient (Wildman–Crippen LogP) is 9.64. The van der Waals surface area contributed by atoms with Crippen molar-refractivity contribution in [1.29, 1.82) is 0 Å². The third-order valence-electron chi connectivity index (χ3n) is 9.07. The van der Waals surface area contributed by atoms with Gasteiger partial charge in [0.05, 0.1) is 12.2 Å². The minimum Gasteiger partial charge on any atom is -0.416 e. The zero-order valence-electron chi connectivity index (χ0n) is 26.2. The molecule has 4 atom stereocenters. The van der Waals surface area contributed by atoms with Crippen LogP contribution in [0.2, 0.25) is 54.4 Å². The molecule has 0 aromatic carbocycles. The van der Waals surface area contributed by atoms with Gasteiger partial charge in [0.1, 0.15) is 0 Å². The normalized spacial score (nSPS) is 18.4. The van der Waals surface area contributed by atoms with Gasteiger partial charge in [0.2, 0.25) is 0 Å². The summed E-state index contributed by atoms with van der Waals surface area (Å²) in [7, 11) is -5.75. The maximum absolute atomic E-state index is 7.18. The van der Waals surface area contributed by atoms with Crippen molar-refractivity contribution in [2.24, 2.45) is 11.8 Å². The molecule has 0 aliphatic heterocycles. The highest BCUT2D eigenvalue weighted by molar-refractivity contribution is 6.75. The van der Waals surface area contributed by atoms with E-state index in [9.17, 15) is 0 Å². The van der Waals surface area contributed by atoms with Gasteiger partial charge in [-0.1, -0.05) is 82.2 Å². The summed E-state index contributed by atoms with van der Waals surface area (Å²) < 4.78 is 20.9. The zero-order chi connectivity index (χ0) is 27.6. The van der Waals surface area contributed by atoms with Crippen LogP contribution in [0.15, 0.2) is 12.7 Å². The van der Waals surface area contributed by atoms with Crippen LogP contribution in [0.4, 0.5) is 0 Å². The lowest BCUT2D eigenvalue weighted by Gasteiger charge is -2.47. The molecule has 0 aliphatic carbocycles. The fraction of sp³-hybridized carbons (Fsp3) is 0.929. The number of rotatable bonds is 12. The third-order valence-corrected chi connectivity index (χ3v) is 22.5. The molecule has 0 saturated carbocycles. The van der Waals surface area contributed by atoms with Gasteiger partial charge in [-0.25, -0.2) is 0 Å². The van der Waals surface area contributed by atoms with Crippen LogP contribution >= 0.6 is 0 Å². The quantitative estimate of drug-likeness (QED) is 0.186. The van der Waals surface area contributed by atoms with Crippen LogP contribution in [-0.4, -0.2) is 43.8 Å². The standard InChI is InChI=1S/C28H62O3Si3/c1-19-20-24(30-33(15,16)27(7,8)9)23(3)25(31-34(17,18)28(10,11)12)22(2)21-29-32(13,14)26(4,5)6/h19,22-25H,1,20-21H2,2-18H3/t22-,23-,24+,25-/m0/s1. The molecule has 204 valence electrons. The predicted molar refractivity (Wildman–Crippen MR) is 160 cm³/mol.